The monoisotopic (exact) mass is 223 g/mol. The van der Waals surface area contributed by atoms with Gasteiger partial charge in [-0.15, -0.1) is 0 Å². The first-order valence-electron chi connectivity index (χ1n) is 4.39. The number of hydrogen-bond donors (Lipinski definition) is 3. The SMILES string of the molecule is CC1(C)CC(=O)C(C)(C)N1[SH](=O)(O)O. The van der Waals surface area contributed by atoms with Gasteiger partial charge in [0.15, 0.2) is 5.78 Å². The number of carbonyl (C=O) groups is 1. The Bertz CT molecular complexity index is 317. The molecule has 84 valence electrons. The smallest absolute Gasteiger partial charge is 0.155 e. The van der Waals surface area contributed by atoms with Crippen LogP contribution in [0.5, 0.6) is 0 Å². The van der Waals surface area contributed by atoms with Gasteiger partial charge in [-0.1, -0.05) is 0 Å². The quantitative estimate of drug-likeness (QED) is 0.572. The highest BCUT2D eigenvalue weighted by Gasteiger charge is 2.55. The van der Waals surface area contributed by atoms with E-state index in [0.717, 1.165) is 4.31 Å². The minimum Gasteiger partial charge on any atom is -0.299 e. The molecule has 2 N–H and O–H groups in total. The molecule has 0 bridgehead atoms. The average molecular weight is 223 g/mol. The second kappa shape index (κ2) is 2.85. The van der Waals surface area contributed by atoms with Crippen LogP contribution in [0.25, 0.3) is 0 Å². The molecule has 0 aliphatic carbocycles. The number of hydrogen-bond acceptors (Lipinski definition) is 2. The van der Waals surface area contributed by atoms with Crippen molar-refractivity contribution in [1.29, 1.82) is 0 Å². The van der Waals surface area contributed by atoms with E-state index >= 15 is 0 Å². The molecule has 0 aromatic heterocycles. The van der Waals surface area contributed by atoms with Crippen LogP contribution in [0.1, 0.15) is 34.1 Å². The van der Waals surface area contributed by atoms with Gasteiger partial charge in [-0.2, -0.15) is 4.31 Å². The number of nitrogens with zero attached hydrogens (tertiary/aromatic N) is 1. The van der Waals surface area contributed by atoms with Crippen molar-refractivity contribution in [2.45, 2.75) is 45.2 Å². The Labute approximate surface area is 84.7 Å². The molecule has 0 saturated carbocycles. The number of ketones is 1. The van der Waals surface area contributed by atoms with Crippen molar-refractivity contribution in [1.82, 2.24) is 4.31 Å². The molecule has 0 amide bonds. The summed E-state index contributed by atoms with van der Waals surface area (Å²) >= 11 is 0. The maximum absolute atomic E-state index is 11.6. The zero-order valence-electron chi connectivity index (χ0n) is 8.81. The zero-order valence-corrected chi connectivity index (χ0v) is 9.71. The zero-order chi connectivity index (χ0) is 11.4. The van der Waals surface area contributed by atoms with E-state index in [4.69, 9.17) is 0 Å². The molecule has 1 saturated heterocycles. The van der Waals surface area contributed by atoms with Crippen LogP contribution in [0.15, 0.2) is 0 Å². The van der Waals surface area contributed by atoms with E-state index in [1.54, 1.807) is 27.7 Å². The number of carbonyl (C=O) groups excluding carboxylic acids is 1. The number of Topliss-reactive ketones (excluding diaryl/α,β-unsaturated/α-hetero) is 1. The van der Waals surface area contributed by atoms with E-state index in [1.807, 2.05) is 0 Å². The average Bonchev–Trinajstić information content (AvgIpc) is 1.93. The van der Waals surface area contributed by atoms with E-state index < -0.39 is 21.8 Å². The van der Waals surface area contributed by atoms with Crippen LogP contribution in [-0.4, -0.2) is 34.5 Å². The lowest BCUT2D eigenvalue weighted by Gasteiger charge is -2.41. The molecule has 0 aromatic carbocycles. The fraction of sp³-hybridized carbons (Fsp3) is 0.875. The molecular weight excluding hydrogens is 206 g/mol. The summed E-state index contributed by atoms with van der Waals surface area (Å²) in [7, 11) is -4.38. The van der Waals surface area contributed by atoms with E-state index in [9.17, 15) is 18.1 Å². The van der Waals surface area contributed by atoms with Crippen molar-refractivity contribution in [3.8, 4) is 0 Å². The van der Waals surface area contributed by atoms with E-state index in [-0.39, 0.29) is 12.2 Å². The highest BCUT2D eigenvalue weighted by atomic mass is 32.3. The Morgan fingerprint density at radius 1 is 1.29 bits per heavy atom. The summed E-state index contributed by atoms with van der Waals surface area (Å²) in [6.07, 6.45) is 0.172. The summed E-state index contributed by atoms with van der Waals surface area (Å²) in [5.41, 5.74) is -1.86. The summed E-state index contributed by atoms with van der Waals surface area (Å²) in [4.78, 5) is 11.6. The Balaban J connectivity index is 3.25. The van der Waals surface area contributed by atoms with Gasteiger partial charge in [0, 0.05) is 12.0 Å². The highest BCUT2D eigenvalue weighted by Crippen LogP contribution is 2.41. The molecule has 1 rings (SSSR count). The van der Waals surface area contributed by atoms with Crippen molar-refractivity contribution < 1.29 is 18.1 Å². The van der Waals surface area contributed by atoms with Crippen molar-refractivity contribution in [2.24, 2.45) is 0 Å². The summed E-state index contributed by atoms with van der Waals surface area (Å²) < 4.78 is 30.7. The first-order chi connectivity index (χ1) is 5.99. The maximum Gasteiger partial charge on any atom is 0.155 e. The Hall–Kier alpha value is -0.300. The predicted octanol–water partition coefficient (Wildman–Crippen LogP) is 0.696. The van der Waals surface area contributed by atoms with Gasteiger partial charge in [0.1, 0.15) is 10.7 Å². The van der Waals surface area contributed by atoms with Crippen molar-refractivity contribution >= 4 is 16.5 Å². The molecule has 1 heterocycles. The number of thiol groups is 1. The maximum atomic E-state index is 11.6. The second-order valence-corrected chi connectivity index (χ2v) is 6.22. The normalized spacial score (nSPS) is 28.0. The molecule has 0 spiro atoms. The van der Waals surface area contributed by atoms with Crippen molar-refractivity contribution in [2.75, 3.05) is 0 Å². The largest absolute Gasteiger partial charge is 0.299 e. The lowest BCUT2D eigenvalue weighted by molar-refractivity contribution is -0.122. The highest BCUT2D eigenvalue weighted by molar-refractivity contribution is 7.90. The van der Waals surface area contributed by atoms with Gasteiger partial charge in [-0.3, -0.25) is 13.9 Å². The fourth-order valence-electron chi connectivity index (χ4n) is 2.24. The molecule has 0 atom stereocenters. The van der Waals surface area contributed by atoms with Crippen LogP contribution in [0.4, 0.5) is 0 Å². The van der Waals surface area contributed by atoms with Crippen LogP contribution in [0, 0.1) is 0 Å². The van der Waals surface area contributed by atoms with Crippen LogP contribution in [0.3, 0.4) is 0 Å². The third-order valence-corrected chi connectivity index (χ3v) is 4.20. The Morgan fingerprint density at radius 2 is 1.71 bits per heavy atom. The van der Waals surface area contributed by atoms with Gasteiger partial charge in [-0.25, -0.2) is 4.21 Å². The molecular formula is C8H17NO4S. The van der Waals surface area contributed by atoms with Gasteiger partial charge in [-0.05, 0) is 27.7 Å². The van der Waals surface area contributed by atoms with Crippen molar-refractivity contribution in [3.63, 3.8) is 0 Å². The van der Waals surface area contributed by atoms with Crippen LogP contribution in [-0.2, 0) is 15.5 Å². The standard InChI is InChI=1S/C8H17NO4S/c1-7(2)5-6(10)8(3,4)9(7)14(11,12)13/h14H,5H2,1-4H3,(H2,11,12,13). The minimum atomic E-state index is -4.38. The van der Waals surface area contributed by atoms with Crippen LogP contribution < -0.4 is 0 Å². The van der Waals surface area contributed by atoms with Gasteiger partial charge in [0.25, 0.3) is 0 Å². The van der Waals surface area contributed by atoms with Crippen molar-refractivity contribution in [3.05, 3.63) is 0 Å². The fourth-order valence-corrected chi connectivity index (χ4v) is 3.78. The van der Waals surface area contributed by atoms with Crippen LogP contribution in [0.2, 0.25) is 0 Å². The molecule has 1 fully saturated rings. The van der Waals surface area contributed by atoms with E-state index in [0.29, 0.717) is 0 Å². The molecule has 0 unspecified atom stereocenters. The first kappa shape index (κ1) is 11.8. The Morgan fingerprint density at radius 3 is 1.86 bits per heavy atom. The molecule has 1 aliphatic heterocycles. The number of rotatable bonds is 1. The summed E-state index contributed by atoms with van der Waals surface area (Å²) in [6.45, 7) is 6.42. The lowest BCUT2D eigenvalue weighted by Crippen LogP contribution is -2.55. The summed E-state index contributed by atoms with van der Waals surface area (Å²) in [6, 6.07) is 0. The summed E-state index contributed by atoms with van der Waals surface area (Å²) in [5, 5.41) is 0. The molecule has 6 heteroatoms. The topological polar surface area (TPSA) is 77.8 Å². The van der Waals surface area contributed by atoms with Gasteiger partial charge in [0.05, 0.1) is 5.54 Å². The van der Waals surface area contributed by atoms with Gasteiger partial charge >= 0.3 is 0 Å². The molecule has 5 nitrogen and oxygen atoms in total. The first-order valence-corrected chi connectivity index (χ1v) is 5.96. The third kappa shape index (κ3) is 1.63. The predicted molar refractivity (Wildman–Crippen MR) is 54.4 cm³/mol. The third-order valence-electron chi connectivity index (χ3n) is 2.64. The Kier molecular flexibility index (Phi) is 2.40. The van der Waals surface area contributed by atoms with Crippen LogP contribution >= 0.6 is 0 Å². The molecule has 14 heavy (non-hydrogen) atoms. The van der Waals surface area contributed by atoms with E-state index in [2.05, 4.69) is 0 Å². The lowest BCUT2D eigenvalue weighted by atomic mass is 9.99. The minimum absolute atomic E-state index is 0.133. The molecule has 0 aromatic rings. The van der Waals surface area contributed by atoms with Gasteiger partial charge < -0.3 is 0 Å². The molecule has 0 radical (unpaired) electrons. The van der Waals surface area contributed by atoms with Gasteiger partial charge in [0.2, 0.25) is 0 Å². The molecule has 1 aliphatic rings. The summed E-state index contributed by atoms with van der Waals surface area (Å²) in [5.74, 6) is -0.133. The second-order valence-electron chi connectivity index (χ2n) is 4.80. The van der Waals surface area contributed by atoms with E-state index in [1.165, 1.54) is 0 Å².